The van der Waals surface area contributed by atoms with E-state index < -0.39 is 0 Å². The highest BCUT2D eigenvalue weighted by molar-refractivity contribution is 5.79. The van der Waals surface area contributed by atoms with Crippen LogP contribution in [0.25, 0.3) is 0 Å². The van der Waals surface area contributed by atoms with Gasteiger partial charge < -0.3 is 19.5 Å². The van der Waals surface area contributed by atoms with E-state index in [0.29, 0.717) is 18.0 Å². The van der Waals surface area contributed by atoms with E-state index in [2.05, 4.69) is 5.32 Å². The summed E-state index contributed by atoms with van der Waals surface area (Å²) in [6, 6.07) is 13.0. The molecule has 0 saturated heterocycles. The minimum absolute atomic E-state index is 0.0949. The van der Waals surface area contributed by atoms with Crippen molar-refractivity contribution in [3.05, 3.63) is 53.6 Å². The van der Waals surface area contributed by atoms with Gasteiger partial charge in [0.05, 0.1) is 27.8 Å². The Morgan fingerprint density at radius 3 is 2.30 bits per heavy atom. The Morgan fingerprint density at radius 2 is 1.61 bits per heavy atom. The normalized spacial score (nSPS) is 10.0. The van der Waals surface area contributed by atoms with E-state index in [9.17, 15) is 4.79 Å². The predicted molar refractivity (Wildman–Crippen MR) is 88.1 cm³/mol. The van der Waals surface area contributed by atoms with Gasteiger partial charge in [-0.2, -0.15) is 0 Å². The lowest BCUT2D eigenvalue weighted by Gasteiger charge is -2.12. The first kappa shape index (κ1) is 16.7. The van der Waals surface area contributed by atoms with Gasteiger partial charge in [0.1, 0.15) is 17.2 Å². The number of nitrogens with one attached hydrogen (secondary N) is 1. The zero-order chi connectivity index (χ0) is 16.7. The molecule has 0 aromatic heterocycles. The molecule has 122 valence electrons. The minimum atomic E-state index is -0.0949. The van der Waals surface area contributed by atoms with Crippen molar-refractivity contribution in [2.45, 2.75) is 13.0 Å². The van der Waals surface area contributed by atoms with Crippen LogP contribution >= 0.6 is 0 Å². The average molecular weight is 315 g/mol. The second kappa shape index (κ2) is 8.08. The van der Waals surface area contributed by atoms with Crippen LogP contribution in [0.4, 0.5) is 0 Å². The molecule has 0 saturated carbocycles. The predicted octanol–water partition coefficient (Wildman–Crippen LogP) is 2.57. The molecule has 1 amide bonds. The summed E-state index contributed by atoms with van der Waals surface area (Å²) in [6.45, 7) is 0.412. The van der Waals surface area contributed by atoms with E-state index >= 15 is 0 Å². The summed E-state index contributed by atoms with van der Waals surface area (Å²) < 4.78 is 15.8. The Labute approximate surface area is 136 Å². The number of hydrogen-bond acceptors (Lipinski definition) is 4. The number of carbonyl (C=O) groups is 1. The molecule has 0 unspecified atom stereocenters. The Balaban J connectivity index is 2.02. The van der Waals surface area contributed by atoms with E-state index in [1.807, 2.05) is 30.3 Å². The molecule has 0 aliphatic heterocycles. The van der Waals surface area contributed by atoms with Crippen molar-refractivity contribution in [3.8, 4) is 17.2 Å². The summed E-state index contributed by atoms with van der Waals surface area (Å²) >= 11 is 0. The van der Waals surface area contributed by atoms with E-state index in [-0.39, 0.29) is 12.3 Å². The molecule has 1 N–H and O–H groups in total. The molecular formula is C18H21NO4. The minimum Gasteiger partial charge on any atom is -0.497 e. The number of para-hydroxylation sites is 1. The summed E-state index contributed by atoms with van der Waals surface area (Å²) in [4.78, 5) is 12.2. The summed E-state index contributed by atoms with van der Waals surface area (Å²) in [7, 11) is 4.78. The van der Waals surface area contributed by atoms with Crippen LogP contribution in [0.1, 0.15) is 11.1 Å². The molecule has 5 heteroatoms. The summed E-state index contributed by atoms with van der Waals surface area (Å²) in [6.07, 6.45) is 0.218. The monoisotopic (exact) mass is 315 g/mol. The Morgan fingerprint density at radius 1 is 0.913 bits per heavy atom. The number of rotatable bonds is 7. The second-order valence-electron chi connectivity index (χ2n) is 4.94. The quantitative estimate of drug-likeness (QED) is 0.853. The lowest BCUT2D eigenvalue weighted by atomic mass is 10.1. The van der Waals surface area contributed by atoms with Crippen LogP contribution in [0.3, 0.4) is 0 Å². The molecule has 23 heavy (non-hydrogen) atoms. The van der Waals surface area contributed by atoms with Gasteiger partial charge in [-0.1, -0.05) is 18.2 Å². The highest BCUT2D eigenvalue weighted by Crippen LogP contribution is 2.24. The molecule has 2 rings (SSSR count). The van der Waals surface area contributed by atoms with E-state index in [4.69, 9.17) is 14.2 Å². The number of methoxy groups -OCH3 is 3. The van der Waals surface area contributed by atoms with Crippen LogP contribution in [0.5, 0.6) is 17.2 Å². The van der Waals surface area contributed by atoms with Gasteiger partial charge in [-0.25, -0.2) is 0 Å². The van der Waals surface area contributed by atoms with Crippen molar-refractivity contribution in [3.63, 3.8) is 0 Å². The van der Waals surface area contributed by atoms with Crippen molar-refractivity contribution < 1.29 is 19.0 Å². The van der Waals surface area contributed by atoms with Crippen molar-refractivity contribution in [1.82, 2.24) is 5.32 Å². The third kappa shape index (κ3) is 4.39. The smallest absolute Gasteiger partial charge is 0.224 e. The van der Waals surface area contributed by atoms with Gasteiger partial charge in [-0.3, -0.25) is 4.79 Å². The molecule has 2 aromatic carbocycles. The third-order valence-corrected chi connectivity index (χ3v) is 3.51. The molecule has 0 radical (unpaired) electrons. The van der Waals surface area contributed by atoms with Crippen LogP contribution in [-0.2, 0) is 17.8 Å². The standard InChI is InChI=1S/C18H21NO4/c1-21-15-8-9-17(23-3)14(10-15)11-18(20)19-12-13-6-4-5-7-16(13)22-2/h4-10H,11-12H2,1-3H3,(H,19,20). The summed E-state index contributed by atoms with van der Waals surface area (Å²) in [5.41, 5.74) is 1.71. The SMILES string of the molecule is COc1ccc(OC)c(CC(=O)NCc2ccccc2OC)c1. The second-order valence-corrected chi connectivity index (χ2v) is 4.94. The van der Waals surface area contributed by atoms with Gasteiger partial charge >= 0.3 is 0 Å². The van der Waals surface area contributed by atoms with Crippen LogP contribution < -0.4 is 19.5 Å². The molecule has 0 aliphatic rings. The fraction of sp³-hybridized carbons (Fsp3) is 0.278. The molecule has 0 spiro atoms. The summed E-state index contributed by atoms with van der Waals surface area (Å²) in [5.74, 6) is 2.02. The molecule has 0 atom stereocenters. The van der Waals surface area contributed by atoms with Gasteiger partial charge in [0.25, 0.3) is 0 Å². The Hall–Kier alpha value is -2.69. The van der Waals surface area contributed by atoms with Crippen LogP contribution in [-0.4, -0.2) is 27.2 Å². The van der Waals surface area contributed by atoms with Crippen molar-refractivity contribution in [2.75, 3.05) is 21.3 Å². The average Bonchev–Trinajstić information content (AvgIpc) is 2.60. The lowest BCUT2D eigenvalue weighted by Crippen LogP contribution is -2.25. The fourth-order valence-electron chi connectivity index (χ4n) is 2.30. The van der Waals surface area contributed by atoms with E-state index in [1.165, 1.54) is 0 Å². The molecule has 0 bridgehead atoms. The molecule has 0 heterocycles. The van der Waals surface area contributed by atoms with E-state index in [1.54, 1.807) is 33.5 Å². The first-order chi connectivity index (χ1) is 11.2. The number of ether oxygens (including phenoxy) is 3. The molecular weight excluding hydrogens is 294 g/mol. The number of hydrogen-bond donors (Lipinski definition) is 1. The zero-order valence-electron chi connectivity index (χ0n) is 13.6. The molecule has 0 fully saturated rings. The van der Waals surface area contributed by atoms with E-state index in [0.717, 1.165) is 16.9 Å². The third-order valence-electron chi connectivity index (χ3n) is 3.51. The van der Waals surface area contributed by atoms with Crippen LogP contribution in [0.2, 0.25) is 0 Å². The maximum absolute atomic E-state index is 12.2. The fourth-order valence-corrected chi connectivity index (χ4v) is 2.30. The van der Waals surface area contributed by atoms with Crippen molar-refractivity contribution >= 4 is 5.91 Å². The number of carbonyl (C=O) groups excluding carboxylic acids is 1. The molecule has 0 aliphatic carbocycles. The first-order valence-electron chi connectivity index (χ1n) is 7.27. The topological polar surface area (TPSA) is 56.8 Å². The largest absolute Gasteiger partial charge is 0.497 e. The number of benzene rings is 2. The van der Waals surface area contributed by atoms with Gasteiger partial charge in [-0.05, 0) is 24.3 Å². The van der Waals surface area contributed by atoms with Crippen molar-refractivity contribution in [1.29, 1.82) is 0 Å². The molecule has 5 nitrogen and oxygen atoms in total. The van der Waals surface area contributed by atoms with Gasteiger partial charge in [-0.15, -0.1) is 0 Å². The highest BCUT2D eigenvalue weighted by Gasteiger charge is 2.11. The van der Waals surface area contributed by atoms with Crippen LogP contribution in [0.15, 0.2) is 42.5 Å². The first-order valence-corrected chi connectivity index (χ1v) is 7.27. The van der Waals surface area contributed by atoms with Gasteiger partial charge in [0, 0.05) is 17.7 Å². The highest BCUT2D eigenvalue weighted by atomic mass is 16.5. The van der Waals surface area contributed by atoms with Gasteiger partial charge in [0.2, 0.25) is 5.91 Å². The van der Waals surface area contributed by atoms with Gasteiger partial charge in [0.15, 0.2) is 0 Å². The summed E-state index contributed by atoms with van der Waals surface area (Å²) in [5, 5.41) is 2.90. The zero-order valence-corrected chi connectivity index (χ0v) is 13.6. The van der Waals surface area contributed by atoms with Crippen LogP contribution in [0, 0.1) is 0 Å². The number of amides is 1. The maximum atomic E-state index is 12.2. The lowest BCUT2D eigenvalue weighted by molar-refractivity contribution is -0.120. The molecule has 2 aromatic rings. The maximum Gasteiger partial charge on any atom is 0.224 e. The Kier molecular flexibility index (Phi) is 5.86. The van der Waals surface area contributed by atoms with Crippen molar-refractivity contribution in [2.24, 2.45) is 0 Å². The Bertz CT molecular complexity index is 670.